The molecule has 0 spiro atoms. The Morgan fingerprint density at radius 2 is 1.57 bits per heavy atom. The van der Waals surface area contributed by atoms with Gasteiger partial charge in [-0.25, -0.2) is 0 Å². The van der Waals surface area contributed by atoms with Crippen LogP contribution in [0.3, 0.4) is 0 Å². The van der Waals surface area contributed by atoms with E-state index in [0.29, 0.717) is 0 Å². The van der Waals surface area contributed by atoms with Gasteiger partial charge in [-0.15, -0.1) is 10.2 Å². The summed E-state index contributed by atoms with van der Waals surface area (Å²) in [5.74, 6) is 2.11. The molecular weight excluding hydrogens is 476 g/mol. The SMILES string of the molecule is COc1ccc(CCCc2nnc(SCC(=O)N3c4ccccc4Sc4ccccc43)n2C)cc1. The molecule has 0 saturated carbocycles. The van der Waals surface area contributed by atoms with E-state index in [-0.39, 0.29) is 11.7 Å². The Kier molecular flexibility index (Phi) is 7.11. The maximum Gasteiger partial charge on any atom is 0.242 e. The van der Waals surface area contributed by atoms with Gasteiger partial charge in [0.15, 0.2) is 5.16 Å². The van der Waals surface area contributed by atoms with Gasteiger partial charge in [0.25, 0.3) is 0 Å². The van der Waals surface area contributed by atoms with Crippen molar-refractivity contribution in [3.63, 3.8) is 0 Å². The second kappa shape index (κ2) is 10.6. The van der Waals surface area contributed by atoms with Crippen LogP contribution in [0.1, 0.15) is 17.8 Å². The van der Waals surface area contributed by atoms with Crippen LogP contribution in [0.5, 0.6) is 5.75 Å². The summed E-state index contributed by atoms with van der Waals surface area (Å²) in [4.78, 5) is 17.4. The van der Waals surface area contributed by atoms with Crippen molar-refractivity contribution in [1.82, 2.24) is 14.8 Å². The third-order valence-corrected chi connectivity index (χ3v) is 8.09. The maximum atomic E-state index is 13.4. The van der Waals surface area contributed by atoms with Gasteiger partial charge in [-0.1, -0.05) is 59.9 Å². The fourth-order valence-electron chi connectivity index (χ4n) is 4.10. The van der Waals surface area contributed by atoms with Crippen LogP contribution in [0, 0.1) is 0 Å². The van der Waals surface area contributed by atoms with Crippen molar-refractivity contribution in [3.05, 3.63) is 84.2 Å². The van der Waals surface area contributed by atoms with E-state index in [1.807, 2.05) is 65.0 Å². The van der Waals surface area contributed by atoms with Gasteiger partial charge in [0.05, 0.1) is 24.2 Å². The molecule has 0 saturated heterocycles. The number of hydrogen-bond acceptors (Lipinski definition) is 6. The molecule has 1 aromatic heterocycles. The normalized spacial score (nSPS) is 12.2. The predicted octanol–water partition coefficient (Wildman–Crippen LogP) is 5.92. The lowest BCUT2D eigenvalue weighted by Crippen LogP contribution is -2.30. The summed E-state index contributed by atoms with van der Waals surface area (Å²) in [6.07, 6.45) is 2.76. The zero-order chi connectivity index (χ0) is 24.2. The van der Waals surface area contributed by atoms with Crippen LogP contribution in [0.4, 0.5) is 11.4 Å². The lowest BCUT2D eigenvalue weighted by atomic mass is 10.1. The van der Waals surface area contributed by atoms with E-state index < -0.39 is 0 Å². The zero-order valence-electron chi connectivity index (χ0n) is 19.7. The molecule has 4 aromatic rings. The molecule has 0 radical (unpaired) electrons. The van der Waals surface area contributed by atoms with Gasteiger partial charge in [-0.05, 0) is 54.8 Å². The van der Waals surface area contributed by atoms with Crippen LogP contribution in [0.15, 0.2) is 87.7 Å². The summed E-state index contributed by atoms with van der Waals surface area (Å²) in [6, 6.07) is 24.3. The van der Waals surface area contributed by atoms with E-state index in [1.165, 1.54) is 17.3 Å². The third kappa shape index (κ3) is 5.09. The lowest BCUT2D eigenvalue weighted by molar-refractivity contribution is -0.115. The Hall–Kier alpha value is -3.23. The minimum atomic E-state index is 0.0271. The monoisotopic (exact) mass is 502 g/mol. The van der Waals surface area contributed by atoms with Crippen LogP contribution >= 0.6 is 23.5 Å². The zero-order valence-corrected chi connectivity index (χ0v) is 21.3. The Morgan fingerprint density at radius 1 is 0.914 bits per heavy atom. The van der Waals surface area contributed by atoms with Crippen LogP contribution in [0.25, 0.3) is 0 Å². The summed E-state index contributed by atoms with van der Waals surface area (Å²) in [6.45, 7) is 0. The van der Waals surface area contributed by atoms with Crippen molar-refractivity contribution in [2.24, 2.45) is 7.05 Å². The van der Waals surface area contributed by atoms with E-state index in [1.54, 1.807) is 18.9 Å². The molecular formula is C27H26N4O2S2. The number of aromatic nitrogens is 3. The van der Waals surface area contributed by atoms with E-state index in [4.69, 9.17) is 4.74 Å². The van der Waals surface area contributed by atoms with E-state index in [9.17, 15) is 4.79 Å². The van der Waals surface area contributed by atoms with Gasteiger partial charge in [-0.3, -0.25) is 9.69 Å². The van der Waals surface area contributed by atoms with Crippen molar-refractivity contribution < 1.29 is 9.53 Å². The Morgan fingerprint density at radius 3 is 2.23 bits per heavy atom. The summed E-state index contributed by atoms with van der Waals surface area (Å²) in [7, 11) is 3.65. The molecule has 6 nitrogen and oxygen atoms in total. The first-order chi connectivity index (χ1) is 17.1. The first kappa shape index (κ1) is 23.5. The number of amides is 1. The van der Waals surface area contributed by atoms with Crippen molar-refractivity contribution in [1.29, 1.82) is 0 Å². The molecule has 1 aliphatic heterocycles. The summed E-state index contributed by atoms with van der Waals surface area (Å²) in [5.41, 5.74) is 3.13. The number of ether oxygens (including phenoxy) is 1. The smallest absolute Gasteiger partial charge is 0.242 e. The van der Waals surface area contributed by atoms with Gasteiger partial charge in [0.2, 0.25) is 5.91 Å². The second-order valence-electron chi connectivity index (χ2n) is 8.21. The number of nitrogens with zero attached hydrogens (tertiary/aromatic N) is 4. The van der Waals surface area contributed by atoms with Gasteiger partial charge >= 0.3 is 0 Å². The van der Waals surface area contributed by atoms with Crippen molar-refractivity contribution in [2.45, 2.75) is 34.2 Å². The molecule has 35 heavy (non-hydrogen) atoms. The molecule has 8 heteroatoms. The fraction of sp³-hybridized carbons (Fsp3) is 0.222. The number of carbonyl (C=O) groups is 1. The minimum Gasteiger partial charge on any atom is -0.497 e. The molecule has 178 valence electrons. The number of rotatable bonds is 8. The number of aryl methyl sites for hydroxylation is 2. The standard InChI is InChI=1S/C27H26N4O2S2/c1-30-25(13-7-8-19-14-16-20(33-2)17-15-19)28-29-27(30)34-18-26(32)31-21-9-3-5-11-23(21)35-24-12-6-4-10-22(24)31/h3-6,9-12,14-17H,7-8,13,18H2,1-2H3. The molecule has 2 heterocycles. The van der Waals surface area contributed by atoms with Gasteiger partial charge in [0.1, 0.15) is 11.6 Å². The maximum absolute atomic E-state index is 13.4. The largest absolute Gasteiger partial charge is 0.497 e. The molecule has 0 unspecified atom stereocenters. The average molecular weight is 503 g/mol. The quantitative estimate of drug-likeness (QED) is 0.279. The number of carbonyl (C=O) groups excluding carboxylic acids is 1. The number of methoxy groups -OCH3 is 1. The predicted molar refractivity (Wildman–Crippen MR) is 141 cm³/mol. The van der Waals surface area contributed by atoms with E-state index in [2.05, 4.69) is 34.5 Å². The highest BCUT2D eigenvalue weighted by atomic mass is 32.2. The molecule has 0 fully saturated rings. The first-order valence-corrected chi connectivity index (χ1v) is 13.3. The second-order valence-corrected chi connectivity index (χ2v) is 10.2. The summed E-state index contributed by atoms with van der Waals surface area (Å²) < 4.78 is 7.22. The van der Waals surface area contributed by atoms with Crippen molar-refractivity contribution >= 4 is 40.8 Å². The number of para-hydroxylation sites is 2. The summed E-state index contributed by atoms with van der Waals surface area (Å²) in [5, 5.41) is 9.49. The van der Waals surface area contributed by atoms with Gasteiger partial charge in [-0.2, -0.15) is 0 Å². The topological polar surface area (TPSA) is 60.3 Å². The molecule has 1 aliphatic rings. The van der Waals surface area contributed by atoms with Crippen LogP contribution in [-0.2, 0) is 24.7 Å². The first-order valence-electron chi connectivity index (χ1n) is 11.5. The van der Waals surface area contributed by atoms with Crippen molar-refractivity contribution in [3.8, 4) is 5.75 Å². The molecule has 0 bridgehead atoms. The number of hydrogen-bond donors (Lipinski definition) is 0. The molecule has 3 aromatic carbocycles. The Balaban J connectivity index is 1.22. The molecule has 0 N–H and O–H groups in total. The number of fused-ring (bicyclic) bond motifs is 2. The van der Waals surface area contributed by atoms with Crippen LogP contribution in [0.2, 0.25) is 0 Å². The fourth-order valence-corrected chi connectivity index (χ4v) is 5.93. The number of benzene rings is 3. The number of thioether (sulfide) groups is 1. The van der Waals surface area contributed by atoms with E-state index in [0.717, 1.165) is 57.2 Å². The lowest BCUT2D eigenvalue weighted by Gasteiger charge is -2.30. The molecule has 5 rings (SSSR count). The van der Waals surface area contributed by atoms with Gasteiger partial charge in [0, 0.05) is 23.3 Å². The number of anilines is 2. The average Bonchev–Trinajstić information content (AvgIpc) is 3.25. The van der Waals surface area contributed by atoms with Crippen LogP contribution < -0.4 is 9.64 Å². The minimum absolute atomic E-state index is 0.0271. The van der Waals surface area contributed by atoms with Gasteiger partial charge < -0.3 is 9.30 Å². The van der Waals surface area contributed by atoms with Crippen LogP contribution in [-0.4, -0.2) is 33.5 Å². The molecule has 1 amide bonds. The molecule has 0 aliphatic carbocycles. The summed E-state index contributed by atoms with van der Waals surface area (Å²) >= 11 is 3.13. The molecule has 0 atom stereocenters. The third-order valence-electron chi connectivity index (χ3n) is 5.96. The van der Waals surface area contributed by atoms with E-state index >= 15 is 0 Å². The van der Waals surface area contributed by atoms with Crippen molar-refractivity contribution in [2.75, 3.05) is 17.8 Å². The Bertz CT molecular complexity index is 1290. The Labute approximate surface area is 213 Å². The highest BCUT2D eigenvalue weighted by Crippen LogP contribution is 2.48. The highest BCUT2D eigenvalue weighted by Gasteiger charge is 2.28. The highest BCUT2D eigenvalue weighted by molar-refractivity contribution is 8.00.